The van der Waals surface area contributed by atoms with E-state index in [-0.39, 0.29) is 17.7 Å². The maximum atomic E-state index is 12.9. The lowest BCUT2D eigenvalue weighted by Gasteiger charge is -2.30. The fourth-order valence-corrected chi connectivity index (χ4v) is 3.50. The maximum Gasteiger partial charge on any atom is 0.258 e. The molecule has 136 valence electrons. The van der Waals surface area contributed by atoms with Crippen LogP contribution in [0.3, 0.4) is 0 Å². The van der Waals surface area contributed by atoms with Gasteiger partial charge in [-0.25, -0.2) is 0 Å². The van der Waals surface area contributed by atoms with E-state index in [1.54, 1.807) is 0 Å². The van der Waals surface area contributed by atoms with E-state index < -0.39 is 0 Å². The number of amides is 2. The Labute approximate surface area is 155 Å². The highest BCUT2D eigenvalue weighted by Crippen LogP contribution is 2.31. The van der Waals surface area contributed by atoms with E-state index in [2.05, 4.69) is 5.32 Å². The average molecular weight is 350 g/mol. The van der Waals surface area contributed by atoms with Crippen molar-refractivity contribution in [3.8, 4) is 0 Å². The summed E-state index contributed by atoms with van der Waals surface area (Å²) >= 11 is 0. The lowest BCUT2D eigenvalue weighted by Crippen LogP contribution is -2.35. The monoisotopic (exact) mass is 350 g/mol. The number of carbonyl (C=O) groups excluding carboxylic acids is 2. The molecule has 0 bridgehead atoms. The van der Waals surface area contributed by atoms with E-state index in [0.29, 0.717) is 12.1 Å². The Kier molecular flexibility index (Phi) is 5.71. The Hall–Kier alpha value is -2.62. The van der Waals surface area contributed by atoms with Gasteiger partial charge >= 0.3 is 0 Å². The van der Waals surface area contributed by atoms with Crippen LogP contribution in [-0.2, 0) is 11.2 Å². The predicted octanol–water partition coefficient (Wildman–Crippen LogP) is 4.65. The molecule has 0 saturated carbocycles. The lowest BCUT2D eigenvalue weighted by atomic mass is 9.99. The summed E-state index contributed by atoms with van der Waals surface area (Å²) in [4.78, 5) is 27.2. The number of benzene rings is 2. The van der Waals surface area contributed by atoms with E-state index >= 15 is 0 Å². The van der Waals surface area contributed by atoms with E-state index in [4.69, 9.17) is 0 Å². The first-order valence-corrected chi connectivity index (χ1v) is 9.44. The van der Waals surface area contributed by atoms with E-state index in [1.807, 2.05) is 67.3 Å². The summed E-state index contributed by atoms with van der Waals surface area (Å²) in [6, 6.07) is 15.3. The summed E-state index contributed by atoms with van der Waals surface area (Å²) in [6.45, 7) is 4.76. The van der Waals surface area contributed by atoms with Crippen molar-refractivity contribution in [2.45, 2.75) is 39.5 Å². The number of fused-ring (bicyclic) bond motifs is 1. The van der Waals surface area contributed by atoms with Gasteiger partial charge in [0.25, 0.3) is 5.91 Å². The van der Waals surface area contributed by atoms with Crippen molar-refractivity contribution in [1.29, 1.82) is 0 Å². The molecule has 1 N–H and O–H groups in total. The van der Waals surface area contributed by atoms with Gasteiger partial charge in [-0.1, -0.05) is 38.1 Å². The zero-order valence-corrected chi connectivity index (χ0v) is 15.5. The molecule has 2 aromatic rings. The minimum Gasteiger partial charge on any atom is -0.326 e. The van der Waals surface area contributed by atoms with Crippen LogP contribution in [-0.4, -0.2) is 18.4 Å². The number of carbonyl (C=O) groups is 2. The van der Waals surface area contributed by atoms with Crippen LogP contribution in [0.2, 0.25) is 0 Å². The Morgan fingerprint density at radius 3 is 2.50 bits per heavy atom. The largest absolute Gasteiger partial charge is 0.326 e. The van der Waals surface area contributed by atoms with Crippen LogP contribution < -0.4 is 10.2 Å². The van der Waals surface area contributed by atoms with Gasteiger partial charge in [0.1, 0.15) is 0 Å². The van der Waals surface area contributed by atoms with Gasteiger partial charge in [-0.2, -0.15) is 0 Å². The van der Waals surface area contributed by atoms with Crippen LogP contribution in [0.15, 0.2) is 48.5 Å². The molecule has 2 aromatic carbocycles. The molecule has 1 aliphatic rings. The van der Waals surface area contributed by atoms with E-state index in [0.717, 1.165) is 42.6 Å². The second-order valence-electron chi connectivity index (χ2n) is 6.77. The first-order chi connectivity index (χ1) is 12.6. The van der Waals surface area contributed by atoms with Crippen LogP contribution in [0.5, 0.6) is 0 Å². The summed E-state index contributed by atoms with van der Waals surface area (Å²) in [7, 11) is 0. The van der Waals surface area contributed by atoms with Gasteiger partial charge < -0.3 is 10.2 Å². The molecule has 0 saturated heterocycles. The number of rotatable bonds is 5. The van der Waals surface area contributed by atoms with E-state index in [9.17, 15) is 9.59 Å². The molecule has 0 atom stereocenters. The van der Waals surface area contributed by atoms with Gasteiger partial charge in [0, 0.05) is 29.4 Å². The molecule has 0 aliphatic carbocycles. The van der Waals surface area contributed by atoms with Gasteiger partial charge in [0.05, 0.1) is 0 Å². The third kappa shape index (κ3) is 3.79. The van der Waals surface area contributed by atoms with Gasteiger partial charge in [0.15, 0.2) is 0 Å². The molecule has 0 fully saturated rings. The molecule has 0 unspecified atom stereocenters. The first-order valence-electron chi connectivity index (χ1n) is 9.44. The standard InChI is InChI=1S/C22H26N2O2/c1-3-16(4-2)21(25)23-19-13-12-17-11-8-14-24(20(17)15-19)22(26)18-9-6-5-7-10-18/h5-7,9-10,12-13,15-16H,3-4,8,11,14H2,1-2H3,(H,23,25). The Morgan fingerprint density at radius 1 is 1.08 bits per heavy atom. The quantitative estimate of drug-likeness (QED) is 0.853. The van der Waals surface area contributed by atoms with Crippen molar-refractivity contribution in [2.24, 2.45) is 5.92 Å². The number of hydrogen-bond acceptors (Lipinski definition) is 2. The molecule has 0 radical (unpaired) electrons. The third-order valence-electron chi connectivity index (χ3n) is 5.09. The maximum absolute atomic E-state index is 12.9. The van der Waals surface area contributed by atoms with Crippen molar-refractivity contribution in [2.75, 3.05) is 16.8 Å². The van der Waals surface area contributed by atoms with Gasteiger partial charge in [0.2, 0.25) is 5.91 Å². The molecule has 0 aromatic heterocycles. The normalized spacial score (nSPS) is 13.4. The highest BCUT2D eigenvalue weighted by molar-refractivity contribution is 6.07. The van der Waals surface area contributed by atoms with E-state index in [1.165, 1.54) is 0 Å². The Balaban J connectivity index is 1.86. The van der Waals surface area contributed by atoms with Crippen molar-refractivity contribution < 1.29 is 9.59 Å². The van der Waals surface area contributed by atoms with Crippen LogP contribution in [0.1, 0.15) is 49.0 Å². The van der Waals surface area contributed by atoms with Crippen LogP contribution in [0, 0.1) is 5.92 Å². The fourth-order valence-electron chi connectivity index (χ4n) is 3.50. The average Bonchev–Trinajstić information content (AvgIpc) is 2.68. The second-order valence-corrected chi connectivity index (χ2v) is 6.77. The molecule has 3 rings (SSSR count). The van der Waals surface area contributed by atoms with Gasteiger partial charge in [-0.15, -0.1) is 0 Å². The molecular weight excluding hydrogens is 324 g/mol. The highest BCUT2D eigenvalue weighted by Gasteiger charge is 2.24. The highest BCUT2D eigenvalue weighted by atomic mass is 16.2. The summed E-state index contributed by atoms with van der Waals surface area (Å²) in [5.74, 6) is 0.0785. The predicted molar refractivity (Wildman–Crippen MR) is 106 cm³/mol. The minimum atomic E-state index is 0.00928. The number of nitrogens with one attached hydrogen (secondary N) is 1. The van der Waals surface area contributed by atoms with Crippen molar-refractivity contribution >= 4 is 23.2 Å². The number of nitrogens with zero attached hydrogens (tertiary/aromatic N) is 1. The van der Waals surface area contributed by atoms with Crippen LogP contribution in [0.4, 0.5) is 11.4 Å². The number of hydrogen-bond donors (Lipinski definition) is 1. The first kappa shape index (κ1) is 18.2. The Morgan fingerprint density at radius 2 is 1.81 bits per heavy atom. The summed E-state index contributed by atoms with van der Waals surface area (Å²) in [5, 5.41) is 3.02. The fraction of sp³-hybridized carbons (Fsp3) is 0.364. The topological polar surface area (TPSA) is 49.4 Å². The van der Waals surface area contributed by atoms with Crippen molar-refractivity contribution in [3.05, 3.63) is 59.7 Å². The SMILES string of the molecule is CCC(CC)C(=O)Nc1ccc2c(c1)N(C(=O)c1ccccc1)CCC2. The van der Waals surface area contributed by atoms with Crippen molar-refractivity contribution in [1.82, 2.24) is 0 Å². The zero-order valence-electron chi connectivity index (χ0n) is 15.5. The third-order valence-corrected chi connectivity index (χ3v) is 5.09. The zero-order chi connectivity index (χ0) is 18.5. The van der Waals surface area contributed by atoms with Crippen LogP contribution in [0.25, 0.3) is 0 Å². The van der Waals surface area contributed by atoms with Crippen molar-refractivity contribution in [3.63, 3.8) is 0 Å². The molecule has 4 heteroatoms. The molecule has 26 heavy (non-hydrogen) atoms. The molecule has 2 amide bonds. The molecule has 1 aliphatic heterocycles. The number of anilines is 2. The smallest absolute Gasteiger partial charge is 0.258 e. The van der Waals surface area contributed by atoms with Gasteiger partial charge in [-0.3, -0.25) is 9.59 Å². The Bertz CT molecular complexity index is 782. The second kappa shape index (κ2) is 8.17. The summed E-state index contributed by atoms with van der Waals surface area (Å²) in [6.07, 6.45) is 3.55. The number of aryl methyl sites for hydroxylation is 1. The lowest BCUT2D eigenvalue weighted by molar-refractivity contribution is -0.120. The summed E-state index contributed by atoms with van der Waals surface area (Å²) in [5.41, 5.74) is 3.51. The molecule has 0 spiro atoms. The molecular formula is C22H26N2O2. The summed E-state index contributed by atoms with van der Waals surface area (Å²) < 4.78 is 0. The van der Waals surface area contributed by atoms with Gasteiger partial charge in [-0.05, 0) is 55.5 Å². The minimum absolute atomic E-state index is 0.00928. The molecule has 4 nitrogen and oxygen atoms in total. The molecule has 1 heterocycles. The van der Waals surface area contributed by atoms with Crippen LogP contribution >= 0.6 is 0 Å².